The van der Waals surface area contributed by atoms with Crippen LogP contribution in [0.1, 0.15) is 12.5 Å². The lowest BCUT2D eigenvalue weighted by Crippen LogP contribution is -2.05. The second kappa shape index (κ2) is 7.53. The number of carbonyl (C=O) groups is 1. The largest absolute Gasteiger partial charge is 0.497 e. The molecule has 29 heavy (non-hydrogen) atoms. The molecule has 0 aliphatic heterocycles. The number of benzene rings is 3. The molecule has 3 aromatic carbocycles. The summed E-state index contributed by atoms with van der Waals surface area (Å²) in [5, 5.41) is 13.2. The Morgan fingerprint density at radius 3 is 2.55 bits per heavy atom. The van der Waals surface area contributed by atoms with Gasteiger partial charge in [0.1, 0.15) is 5.75 Å². The Morgan fingerprint density at radius 1 is 1.07 bits per heavy atom. The fraction of sp³-hybridized carbons (Fsp3) is 0.0833. The molecule has 0 bridgehead atoms. The lowest BCUT2D eigenvalue weighted by Gasteiger charge is -2.06. The number of hydrogen-bond donors (Lipinski definition) is 1. The molecule has 0 unspecified atom stereocenters. The number of nitriles is 1. The number of anilines is 1. The molecule has 0 saturated carbocycles. The Bertz CT molecular complexity index is 1250. The minimum absolute atomic E-state index is 0.116. The van der Waals surface area contributed by atoms with Gasteiger partial charge >= 0.3 is 0 Å². The zero-order chi connectivity index (χ0) is 20.4. The average Bonchev–Trinajstić information content (AvgIpc) is 3.12. The van der Waals surface area contributed by atoms with Crippen molar-refractivity contribution in [3.05, 3.63) is 78.5 Å². The number of ether oxygens (including phenoxy) is 1. The molecular weight excluding hydrogens is 362 g/mol. The standard InChI is InChI=1S/C24H19N3O2/c1-16(28)26-19-5-3-4-18(13-19)23-15-27(20-7-9-21(29-2)10-8-20)24-11-6-17(14-25)12-22(23)24/h3-13,15H,1-2H3,(H,26,28). The average molecular weight is 381 g/mol. The van der Waals surface area contributed by atoms with Crippen LogP contribution < -0.4 is 10.1 Å². The fourth-order valence-electron chi connectivity index (χ4n) is 3.45. The summed E-state index contributed by atoms with van der Waals surface area (Å²) in [6, 6.07) is 23.4. The predicted molar refractivity (Wildman–Crippen MR) is 114 cm³/mol. The van der Waals surface area contributed by atoms with Crippen molar-refractivity contribution in [3.8, 4) is 28.6 Å². The molecule has 1 heterocycles. The van der Waals surface area contributed by atoms with Crippen LogP contribution >= 0.6 is 0 Å². The summed E-state index contributed by atoms with van der Waals surface area (Å²) < 4.78 is 7.36. The Balaban J connectivity index is 1.92. The van der Waals surface area contributed by atoms with Gasteiger partial charge in [0.2, 0.25) is 5.91 Å². The molecule has 0 aliphatic rings. The predicted octanol–water partition coefficient (Wildman–Crippen LogP) is 5.14. The highest BCUT2D eigenvalue weighted by atomic mass is 16.5. The van der Waals surface area contributed by atoms with Crippen molar-refractivity contribution < 1.29 is 9.53 Å². The molecule has 1 aromatic heterocycles. The van der Waals surface area contributed by atoms with E-state index < -0.39 is 0 Å². The van der Waals surface area contributed by atoms with Gasteiger partial charge in [0.05, 0.1) is 24.3 Å². The molecule has 4 rings (SSSR count). The van der Waals surface area contributed by atoms with Crippen molar-refractivity contribution in [1.29, 1.82) is 5.26 Å². The highest BCUT2D eigenvalue weighted by Gasteiger charge is 2.13. The highest BCUT2D eigenvalue weighted by Crippen LogP contribution is 2.34. The van der Waals surface area contributed by atoms with Gasteiger partial charge < -0.3 is 14.6 Å². The third-order valence-electron chi connectivity index (χ3n) is 4.78. The number of carbonyl (C=O) groups excluding carboxylic acids is 1. The van der Waals surface area contributed by atoms with Crippen LogP contribution in [0.3, 0.4) is 0 Å². The maximum atomic E-state index is 11.4. The summed E-state index contributed by atoms with van der Waals surface area (Å²) in [6.45, 7) is 1.49. The van der Waals surface area contributed by atoms with E-state index in [9.17, 15) is 10.1 Å². The summed E-state index contributed by atoms with van der Waals surface area (Å²) in [5.41, 5.74) is 5.27. The van der Waals surface area contributed by atoms with Crippen LogP contribution in [-0.2, 0) is 4.79 Å². The number of methoxy groups -OCH3 is 1. The smallest absolute Gasteiger partial charge is 0.221 e. The van der Waals surface area contributed by atoms with Gasteiger partial charge in [0.15, 0.2) is 0 Å². The van der Waals surface area contributed by atoms with Crippen LogP contribution in [0.2, 0.25) is 0 Å². The van der Waals surface area contributed by atoms with Gasteiger partial charge in [-0.15, -0.1) is 0 Å². The maximum absolute atomic E-state index is 11.4. The van der Waals surface area contributed by atoms with E-state index in [2.05, 4.69) is 22.1 Å². The maximum Gasteiger partial charge on any atom is 0.221 e. The van der Waals surface area contributed by atoms with Crippen molar-refractivity contribution >= 4 is 22.5 Å². The van der Waals surface area contributed by atoms with Gasteiger partial charge in [-0.25, -0.2) is 0 Å². The number of nitrogens with zero attached hydrogens (tertiary/aromatic N) is 2. The third kappa shape index (κ3) is 3.56. The van der Waals surface area contributed by atoms with E-state index in [0.29, 0.717) is 5.56 Å². The van der Waals surface area contributed by atoms with E-state index in [1.807, 2.05) is 66.7 Å². The van der Waals surface area contributed by atoms with Crippen LogP contribution in [0.25, 0.3) is 27.7 Å². The van der Waals surface area contributed by atoms with Crippen LogP contribution in [0, 0.1) is 11.3 Å². The number of rotatable bonds is 4. The lowest BCUT2D eigenvalue weighted by atomic mass is 10.0. The molecule has 0 atom stereocenters. The Labute approximate surface area is 168 Å². The first-order valence-electron chi connectivity index (χ1n) is 9.16. The third-order valence-corrected chi connectivity index (χ3v) is 4.78. The van der Waals surface area contributed by atoms with Gasteiger partial charge in [-0.05, 0) is 60.2 Å². The van der Waals surface area contributed by atoms with Gasteiger partial charge in [-0.3, -0.25) is 4.79 Å². The summed E-state index contributed by atoms with van der Waals surface area (Å²) in [4.78, 5) is 11.4. The summed E-state index contributed by atoms with van der Waals surface area (Å²) in [5.74, 6) is 0.676. The first-order chi connectivity index (χ1) is 14.1. The molecule has 0 saturated heterocycles. The van der Waals surface area contributed by atoms with Gasteiger partial charge in [-0.2, -0.15) is 5.26 Å². The molecule has 5 nitrogen and oxygen atoms in total. The molecule has 0 radical (unpaired) electrons. The molecule has 0 fully saturated rings. The molecule has 1 N–H and O–H groups in total. The molecule has 0 aliphatic carbocycles. The molecular formula is C24H19N3O2. The number of aromatic nitrogens is 1. The van der Waals surface area contributed by atoms with E-state index in [1.54, 1.807) is 7.11 Å². The van der Waals surface area contributed by atoms with E-state index >= 15 is 0 Å². The molecule has 0 spiro atoms. The van der Waals surface area contributed by atoms with Crippen molar-refractivity contribution in [2.75, 3.05) is 12.4 Å². The van der Waals surface area contributed by atoms with Crippen molar-refractivity contribution in [2.45, 2.75) is 6.92 Å². The summed E-state index contributed by atoms with van der Waals surface area (Å²) in [6.07, 6.45) is 2.06. The fourth-order valence-corrected chi connectivity index (χ4v) is 3.45. The Hall–Kier alpha value is -4.04. The van der Waals surface area contributed by atoms with Crippen LogP contribution in [-0.4, -0.2) is 17.6 Å². The minimum atomic E-state index is -0.116. The monoisotopic (exact) mass is 381 g/mol. The quantitative estimate of drug-likeness (QED) is 0.532. The lowest BCUT2D eigenvalue weighted by molar-refractivity contribution is -0.114. The van der Waals surface area contributed by atoms with Crippen molar-refractivity contribution in [3.63, 3.8) is 0 Å². The highest BCUT2D eigenvalue weighted by molar-refractivity contribution is 5.99. The zero-order valence-electron chi connectivity index (χ0n) is 16.1. The van der Waals surface area contributed by atoms with Crippen LogP contribution in [0.5, 0.6) is 5.75 Å². The number of nitrogens with one attached hydrogen (secondary N) is 1. The zero-order valence-corrected chi connectivity index (χ0v) is 16.1. The first kappa shape index (κ1) is 18.3. The van der Waals surface area contributed by atoms with E-state index in [1.165, 1.54) is 6.92 Å². The van der Waals surface area contributed by atoms with Gasteiger partial charge in [0, 0.05) is 35.4 Å². The van der Waals surface area contributed by atoms with E-state index in [4.69, 9.17) is 4.74 Å². The number of fused-ring (bicyclic) bond motifs is 1. The van der Waals surface area contributed by atoms with Gasteiger partial charge in [-0.1, -0.05) is 12.1 Å². The summed E-state index contributed by atoms with van der Waals surface area (Å²) >= 11 is 0. The molecule has 142 valence electrons. The Morgan fingerprint density at radius 2 is 1.86 bits per heavy atom. The van der Waals surface area contributed by atoms with Crippen molar-refractivity contribution in [2.24, 2.45) is 0 Å². The molecule has 1 amide bonds. The van der Waals surface area contributed by atoms with Gasteiger partial charge in [0.25, 0.3) is 0 Å². The second-order valence-electron chi connectivity index (χ2n) is 6.72. The first-order valence-corrected chi connectivity index (χ1v) is 9.16. The van der Waals surface area contributed by atoms with Crippen LogP contribution in [0.4, 0.5) is 5.69 Å². The molecule has 5 heteroatoms. The minimum Gasteiger partial charge on any atom is -0.497 e. The van der Waals surface area contributed by atoms with Crippen molar-refractivity contribution in [1.82, 2.24) is 4.57 Å². The van der Waals surface area contributed by atoms with Crippen LogP contribution in [0.15, 0.2) is 72.9 Å². The summed E-state index contributed by atoms with van der Waals surface area (Å²) in [7, 11) is 1.64. The van der Waals surface area contributed by atoms with E-state index in [-0.39, 0.29) is 5.91 Å². The van der Waals surface area contributed by atoms with E-state index in [0.717, 1.165) is 39.2 Å². The second-order valence-corrected chi connectivity index (χ2v) is 6.72. The number of hydrogen-bond acceptors (Lipinski definition) is 3. The Kier molecular flexibility index (Phi) is 4.76. The normalized spacial score (nSPS) is 10.5. The SMILES string of the molecule is COc1ccc(-n2cc(-c3cccc(NC(C)=O)c3)c3cc(C#N)ccc32)cc1. The number of amides is 1. The molecule has 4 aromatic rings. The topological polar surface area (TPSA) is 67.0 Å².